The summed E-state index contributed by atoms with van der Waals surface area (Å²) in [6, 6.07) is 7.57. The van der Waals surface area contributed by atoms with Crippen molar-refractivity contribution < 1.29 is 18.4 Å². The fourth-order valence-electron chi connectivity index (χ4n) is 1.54. The van der Waals surface area contributed by atoms with Gasteiger partial charge >= 0.3 is 5.69 Å². The minimum absolute atomic E-state index is 0.0501. The molecule has 0 aliphatic carbocycles. The number of nitrogens with zero attached hydrogens (tertiary/aromatic N) is 1. The van der Waals surface area contributed by atoms with Gasteiger partial charge in [-0.05, 0) is 23.8 Å². The van der Waals surface area contributed by atoms with Gasteiger partial charge in [0.05, 0.1) is 4.92 Å². The molecule has 0 saturated heterocycles. The molecule has 0 radical (unpaired) electrons. The maximum absolute atomic E-state index is 13.0. The number of halogens is 3. The third kappa shape index (κ3) is 3.30. The van der Waals surface area contributed by atoms with E-state index in [0.717, 1.165) is 12.1 Å². The van der Waals surface area contributed by atoms with Gasteiger partial charge in [0.1, 0.15) is 6.61 Å². The van der Waals surface area contributed by atoms with Crippen LogP contribution in [0.4, 0.5) is 14.5 Å². The Bertz CT molecular complexity index is 664. The van der Waals surface area contributed by atoms with E-state index in [1.165, 1.54) is 24.3 Å². The third-order valence-electron chi connectivity index (χ3n) is 2.50. The second-order valence-corrected chi connectivity index (χ2v) is 4.82. The third-order valence-corrected chi connectivity index (χ3v) is 2.99. The van der Waals surface area contributed by atoms with Crippen LogP contribution in [-0.2, 0) is 6.61 Å². The van der Waals surface area contributed by atoms with E-state index in [2.05, 4.69) is 15.9 Å². The Morgan fingerprint density at radius 1 is 1.15 bits per heavy atom. The van der Waals surface area contributed by atoms with Crippen LogP contribution in [-0.4, -0.2) is 4.92 Å². The fourth-order valence-corrected chi connectivity index (χ4v) is 1.88. The molecule has 0 N–H and O–H groups in total. The number of hydrogen-bond donors (Lipinski definition) is 0. The number of hydrogen-bond acceptors (Lipinski definition) is 3. The molecule has 2 aromatic carbocycles. The van der Waals surface area contributed by atoms with Crippen LogP contribution >= 0.6 is 15.9 Å². The summed E-state index contributed by atoms with van der Waals surface area (Å²) in [5.74, 6) is -1.90. The van der Waals surface area contributed by atoms with Crippen LogP contribution in [0.25, 0.3) is 0 Å². The molecule has 4 nitrogen and oxygen atoms in total. The van der Waals surface area contributed by atoms with Crippen molar-refractivity contribution in [1.29, 1.82) is 0 Å². The molecule has 0 fully saturated rings. The van der Waals surface area contributed by atoms with E-state index in [1.807, 2.05) is 0 Å². The predicted molar refractivity (Wildman–Crippen MR) is 71.5 cm³/mol. The van der Waals surface area contributed by atoms with E-state index in [9.17, 15) is 18.9 Å². The van der Waals surface area contributed by atoms with Crippen LogP contribution in [0.3, 0.4) is 0 Å². The van der Waals surface area contributed by atoms with Crippen LogP contribution < -0.4 is 4.74 Å². The molecule has 0 aromatic heterocycles. The average molecular weight is 344 g/mol. The summed E-state index contributed by atoms with van der Waals surface area (Å²) in [6.07, 6.45) is 0. The smallest absolute Gasteiger partial charge is 0.311 e. The summed E-state index contributed by atoms with van der Waals surface area (Å²) in [4.78, 5) is 10.3. The van der Waals surface area contributed by atoms with Gasteiger partial charge in [-0.15, -0.1) is 0 Å². The van der Waals surface area contributed by atoms with Crippen molar-refractivity contribution in [2.24, 2.45) is 0 Å². The van der Waals surface area contributed by atoms with Crippen molar-refractivity contribution >= 4 is 21.6 Å². The normalized spacial score (nSPS) is 10.3. The van der Waals surface area contributed by atoms with Crippen LogP contribution in [0, 0.1) is 21.7 Å². The van der Waals surface area contributed by atoms with E-state index in [1.54, 1.807) is 0 Å². The van der Waals surface area contributed by atoms with Crippen LogP contribution in [0.15, 0.2) is 40.9 Å². The molecule has 0 unspecified atom stereocenters. The number of ether oxygens (including phenoxy) is 1. The zero-order valence-electron chi connectivity index (χ0n) is 9.98. The molecule has 0 amide bonds. The van der Waals surface area contributed by atoms with E-state index in [4.69, 9.17) is 4.74 Å². The molecule has 0 bridgehead atoms. The van der Waals surface area contributed by atoms with Crippen molar-refractivity contribution in [3.63, 3.8) is 0 Å². The molecule has 0 heterocycles. The highest BCUT2D eigenvalue weighted by atomic mass is 79.9. The summed E-state index contributed by atoms with van der Waals surface area (Å²) in [7, 11) is 0. The summed E-state index contributed by atoms with van der Waals surface area (Å²) in [6.45, 7) is -0.103. The van der Waals surface area contributed by atoms with E-state index >= 15 is 0 Å². The Kier molecular flexibility index (Phi) is 4.29. The van der Waals surface area contributed by atoms with Crippen LogP contribution in [0.5, 0.6) is 5.75 Å². The van der Waals surface area contributed by atoms with Gasteiger partial charge in [-0.3, -0.25) is 10.1 Å². The average Bonchev–Trinajstić information content (AvgIpc) is 2.40. The zero-order chi connectivity index (χ0) is 14.7. The molecule has 0 aliphatic heterocycles. The summed E-state index contributed by atoms with van der Waals surface area (Å²) < 4.78 is 31.7. The standard InChI is InChI=1S/C13H8BrF2NO3/c14-9-2-4-12(17(18)19)13(6-9)20-7-8-1-3-10(15)11(16)5-8/h1-6H,7H2. The lowest BCUT2D eigenvalue weighted by Gasteiger charge is -2.07. The topological polar surface area (TPSA) is 52.4 Å². The lowest BCUT2D eigenvalue weighted by Crippen LogP contribution is -2.00. The molecule has 0 spiro atoms. The molecule has 0 aliphatic rings. The predicted octanol–water partition coefficient (Wildman–Crippen LogP) is 4.21. The first kappa shape index (κ1) is 14.4. The molecule has 2 rings (SSSR count). The lowest BCUT2D eigenvalue weighted by atomic mass is 10.2. The lowest BCUT2D eigenvalue weighted by molar-refractivity contribution is -0.386. The van der Waals surface area contributed by atoms with Crippen molar-refractivity contribution in [3.05, 3.63) is 68.2 Å². The van der Waals surface area contributed by atoms with Gasteiger partial charge in [0.25, 0.3) is 0 Å². The minimum atomic E-state index is -0.991. The Hall–Kier alpha value is -2.02. The molecule has 2 aromatic rings. The van der Waals surface area contributed by atoms with Gasteiger partial charge in [0.2, 0.25) is 0 Å². The number of nitro groups is 1. The molecular weight excluding hydrogens is 336 g/mol. The van der Waals surface area contributed by atoms with E-state index in [-0.39, 0.29) is 18.0 Å². The molecule has 0 atom stereocenters. The quantitative estimate of drug-likeness (QED) is 0.617. The van der Waals surface area contributed by atoms with Crippen molar-refractivity contribution in [3.8, 4) is 5.75 Å². The highest BCUT2D eigenvalue weighted by molar-refractivity contribution is 9.10. The Balaban J connectivity index is 2.20. The molecule has 7 heteroatoms. The maximum Gasteiger partial charge on any atom is 0.311 e. The number of benzene rings is 2. The highest BCUT2D eigenvalue weighted by Gasteiger charge is 2.15. The first-order valence-corrected chi connectivity index (χ1v) is 6.27. The first-order chi connectivity index (χ1) is 9.47. The van der Waals surface area contributed by atoms with Gasteiger partial charge in [0, 0.05) is 16.6 Å². The summed E-state index contributed by atoms with van der Waals surface area (Å²) >= 11 is 3.18. The van der Waals surface area contributed by atoms with Gasteiger partial charge in [-0.1, -0.05) is 22.0 Å². The summed E-state index contributed by atoms with van der Waals surface area (Å²) in [5, 5.41) is 10.8. The van der Waals surface area contributed by atoms with Crippen LogP contribution in [0.1, 0.15) is 5.56 Å². The minimum Gasteiger partial charge on any atom is -0.482 e. The van der Waals surface area contributed by atoms with Crippen molar-refractivity contribution in [2.75, 3.05) is 0 Å². The van der Waals surface area contributed by atoms with E-state index in [0.29, 0.717) is 10.0 Å². The molecule has 0 saturated carbocycles. The number of rotatable bonds is 4. The van der Waals surface area contributed by atoms with Crippen molar-refractivity contribution in [1.82, 2.24) is 0 Å². The first-order valence-electron chi connectivity index (χ1n) is 5.48. The highest BCUT2D eigenvalue weighted by Crippen LogP contribution is 2.30. The molecular formula is C13H8BrF2NO3. The Morgan fingerprint density at radius 2 is 1.90 bits per heavy atom. The van der Waals surface area contributed by atoms with Crippen LogP contribution in [0.2, 0.25) is 0 Å². The summed E-state index contributed by atoms with van der Waals surface area (Å²) in [5.41, 5.74) is 0.175. The zero-order valence-corrected chi connectivity index (χ0v) is 11.6. The maximum atomic E-state index is 13.0. The van der Waals surface area contributed by atoms with Gasteiger partial charge in [-0.2, -0.15) is 0 Å². The Labute approximate surface area is 121 Å². The molecule has 20 heavy (non-hydrogen) atoms. The number of nitro benzene ring substituents is 1. The Morgan fingerprint density at radius 3 is 2.55 bits per heavy atom. The second-order valence-electron chi connectivity index (χ2n) is 3.91. The monoisotopic (exact) mass is 343 g/mol. The van der Waals surface area contributed by atoms with Gasteiger partial charge in [-0.25, -0.2) is 8.78 Å². The van der Waals surface area contributed by atoms with E-state index < -0.39 is 16.6 Å². The van der Waals surface area contributed by atoms with Gasteiger partial charge in [0.15, 0.2) is 17.4 Å². The van der Waals surface area contributed by atoms with Crippen molar-refractivity contribution in [2.45, 2.75) is 6.61 Å². The second kappa shape index (κ2) is 5.96. The fraction of sp³-hybridized carbons (Fsp3) is 0.0769. The largest absolute Gasteiger partial charge is 0.482 e. The van der Waals surface area contributed by atoms with Gasteiger partial charge < -0.3 is 4.74 Å². The SMILES string of the molecule is O=[N+]([O-])c1ccc(Br)cc1OCc1ccc(F)c(F)c1. The molecule has 104 valence electrons.